The van der Waals surface area contributed by atoms with E-state index >= 15 is 0 Å². The maximum atomic E-state index is 6.18. The summed E-state index contributed by atoms with van der Waals surface area (Å²) in [5.74, 6) is 0.852. The molecule has 3 aromatic carbocycles. The molecule has 0 heterocycles. The SMILES string of the molecule is Cc1ccc(NCc2cc(Cl)ccc2OCc2ccccc2)c(C)c1. The molecule has 0 aliphatic carbocycles. The summed E-state index contributed by atoms with van der Waals surface area (Å²) in [6.45, 7) is 5.41. The first kappa shape index (κ1) is 17.4. The Bertz CT molecular complexity index is 846. The molecule has 3 heteroatoms. The van der Waals surface area contributed by atoms with Crippen LogP contribution in [0.5, 0.6) is 5.75 Å². The number of hydrogen-bond donors (Lipinski definition) is 1. The molecule has 0 aliphatic rings. The fourth-order valence-corrected chi connectivity index (χ4v) is 2.96. The highest BCUT2D eigenvalue weighted by molar-refractivity contribution is 6.30. The van der Waals surface area contributed by atoms with Crippen molar-refractivity contribution < 1.29 is 4.74 Å². The maximum Gasteiger partial charge on any atom is 0.124 e. The minimum absolute atomic E-state index is 0.541. The highest BCUT2D eigenvalue weighted by Crippen LogP contribution is 2.26. The Balaban J connectivity index is 1.72. The van der Waals surface area contributed by atoms with E-state index in [1.54, 1.807) is 0 Å². The second-order valence-electron chi connectivity index (χ2n) is 6.20. The maximum absolute atomic E-state index is 6.18. The molecule has 1 N–H and O–H groups in total. The van der Waals surface area contributed by atoms with Crippen LogP contribution in [-0.4, -0.2) is 0 Å². The van der Waals surface area contributed by atoms with E-state index in [0.717, 1.165) is 22.6 Å². The molecule has 0 fully saturated rings. The summed E-state index contributed by atoms with van der Waals surface area (Å²) in [5.41, 5.74) is 5.81. The minimum atomic E-state index is 0.541. The van der Waals surface area contributed by atoms with E-state index < -0.39 is 0 Å². The smallest absolute Gasteiger partial charge is 0.124 e. The Morgan fingerprint density at radius 2 is 1.72 bits per heavy atom. The van der Waals surface area contributed by atoms with Crippen LogP contribution in [0.3, 0.4) is 0 Å². The summed E-state index contributed by atoms with van der Waals surface area (Å²) in [6.07, 6.45) is 0. The number of anilines is 1. The number of benzene rings is 3. The molecule has 0 spiro atoms. The van der Waals surface area contributed by atoms with Crippen LogP contribution >= 0.6 is 11.6 Å². The molecule has 3 rings (SSSR count). The van der Waals surface area contributed by atoms with Crippen molar-refractivity contribution in [1.29, 1.82) is 0 Å². The van der Waals surface area contributed by atoms with Gasteiger partial charge in [0.15, 0.2) is 0 Å². The van der Waals surface area contributed by atoms with Crippen LogP contribution in [0, 0.1) is 13.8 Å². The lowest BCUT2D eigenvalue weighted by atomic mass is 10.1. The van der Waals surface area contributed by atoms with E-state index in [2.05, 4.69) is 49.5 Å². The number of nitrogens with one attached hydrogen (secondary N) is 1. The van der Waals surface area contributed by atoms with Crippen LogP contribution in [-0.2, 0) is 13.2 Å². The predicted octanol–water partition coefficient (Wildman–Crippen LogP) is 6.15. The summed E-state index contributed by atoms with van der Waals surface area (Å²) >= 11 is 6.18. The summed E-state index contributed by atoms with van der Waals surface area (Å²) < 4.78 is 6.02. The first-order chi connectivity index (χ1) is 12.1. The van der Waals surface area contributed by atoms with E-state index in [9.17, 15) is 0 Å². The molecular formula is C22H22ClNO. The second-order valence-corrected chi connectivity index (χ2v) is 6.63. The van der Waals surface area contributed by atoms with Crippen molar-refractivity contribution in [1.82, 2.24) is 0 Å². The fraction of sp³-hybridized carbons (Fsp3) is 0.182. The summed E-state index contributed by atoms with van der Waals surface area (Å²) in [6, 6.07) is 22.3. The monoisotopic (exact) mass is 351 g/mol. The molecule has 0 atom stereocenters. The largest absolute Gasteiger partial charge is 0.489 e. The molecule has 0 unspecified atom stereocenters. The van der Waals surface area contributed by atoms with Gasteiger partial charge in [0.25, 0.3) is 0 Å². The van der Waals surface area contributed by atoms with Gasteiger partial charge in [-0.25, -0.2) is 0 Å². The third-order valence-corrected chi connectivity index (χ3v) is 4.35. The number of ether oxygens (including phenoxy) is 1. The average molecular weight is 352 g/mol. The molecule has 25 heavy (non-hydrogen) atoms. The topological polar surface area (TPSA) is 21.3 Å². The van der Waals surface area contributed by atoms with Crippen LogP contribution in [0.2, 0.25) is 5.02 Å². The zero-order valence-electron chi connectivity index (χ0n) is 14.6. The number of aryl methyl sites for hydroxylation is 2. The van der Waals surface area contributed by atoms with Gasteiger partial charge in [-0.3, -0.25) is 0 Å². The van der Waals surface area contributed by atoms with Crippen LogP contribution in [0.1, 0.15) is 22.3 Å². The zero-order chi connectivity index (χ0) is 17.6. The number of halogens is 1. The standard InChI is InChI=1S/C22H22ClNO/c1-16-8-10-21(17(2)12-16)24-14-19-13-20(23)9-11-22(19)25-15-18-6-4-3-5-7-18/h3-13,24H,14-15H2,1-2H3. The molecule has 128 valence electrons. The highest BCUT2D eigenvalue weighted by atomic mass is 35.5. The van der Waals surface area contributed by atoms with Crippen LogP contribution in [0.4, 0.5) is 5.69 Å². The van der Waals surface area contributed by atoms with Gasteiger partial charge in [0, 0.05) is 22.8 Å². The first-order valence-corrected chi connectivity index (χ1v) is 8.76. The Hall–Kier alpha value is -2.45. The predicted molar refractivity (Wildman–Crippen MR) is 105 cm³/mol. The highest BCUT2D eigenvalue weighted by Gasteiger charge is 2.07. The fourth-order valence-electron chi connectivity index (χ4n) is 2.76. The van der Waals surface area contributed by atoms with Gasteiger partial charge in [-0.2, -0.15) is 0 Å². The first-order valence-electron chi connectivity index (χ1n) is 8.38. The molecule has 0 aliphatic heterocycles. The van der Waals surface area contributed by atoms with Crippen molar-refractivity contribution in [2.45, 2.75) is 27.0 Å². The Morgan fingerprint density at radius 1 is 0.920 bits per heavy atom. The van der Waals surface area contributed by atoms with E-state index in [-0.39, 0.29) is 0 Å². The Kier molecular flexibility index (Phi) is 5.62. The molecule has 2 nitrogen and oxygen atoms in total. The average Bonchev–Trinajstić information content (AvgIpc) is 2.61. The van der Waals surface area contributed by atoms with Gasteiger partial charge in [-0.05, 0) is 49.2 Å². The lowest BCUT2D eigenvalue weighted by molar-refractivity contribution is 0.303. The lowest BCUT2D eigenvalue weighted by Crippen LogP contribution is -2.05. The molecule has 0 saturated carbocycles. The van der Waals surface area contributed by atoms with Crippen LogP contribution in [0.15, 0.2) is 66.7 Å². The van der Waals surface area contributed by atoms with E-state index in [4.69, 9.17) is 16.3 Å². The van der Waals surface area contributed by atoms with Crippen molar-refractivity contribution in [3.8, 4) is 5.75 Å². The van der Waals surface area contributed by atoms with E-state index in [0.29, 0.717) is 18.2 Å². The molecular weight excluding hydrogens is 330 g/mol. The number of rotatable bonds is 6. The van der Waals surface area contributed by atoms with Crippen LogP contribution < -0.4 is 10.1 Å². The molecule has 0 bridgehead atoms. The van der Waals surface area contributed by atoms with Gasteiger partial charge < -0.3 is 10.1 Å². The summed E-state index contributed by atoms with van der Waals surface area (Å²) in [7, 11) is 0. The second kappa shape index (κ2) is 8.09. The van der Waals surface area contributed by atoms with Gasteiger partial charge >= 0.3 is 0 Å². The van der Waals surface area contributed by atoms with Crippen LogP contribution in [0.25, 0.3) is 0 Å². The molecule has 0 saturated heterocycles. The van der Waals surface area contributed by atoms with Gasteiger partial charge in [-0.15, -0.1) is 0 Å². The third-order valence-electron chi connectivity index (χ3n) is 4.11. The normalized spacial score (nSPS) is 10.5. The molecule has 0 aromatic heterocycles. The Morgan fingerprint density at radius 3 is 2.48 bits per heavy atom. The van der Waals surface area contributed by atoms with Crippen molar-refractivity contribution in [2.24, 2.45) is 0 Å². The summed E-state index contributed by atoms with van der Waals surface area (Å²) in [5, 5.41) is 4.20. The molecule has 0 radical (unpaired) electrons. The minimum Gasteiger partial charge on any atom is -0.489 e. The van der Waals surface area contributed by atoms with Gasteiger partial charge in [0.2, 0.25) is 0 Å². The lowest BCUT2D eigenvalue weighted by Gasteiger charge is -2.15. The van der Waals surface area contributed by atoms with Gasteiger partial charge in [-0.1, -0.05) is 59.6 Å². The van der Waals surface area contributed by atoms with Gasteiger partial charge in [0.1, 0.15) is 12.4 Å². The third kappa shape index (κ3) is 4.77. The van der Waals surface area contributed by atoms with E-state index in [1.165, 1.54) is 11.1 Å². The zero-order valence-corrected chi connectivity index (χ0v) is 15.3. The van der Waals surface area contributed by atoms with Gasteiger partial charge in [0.05, 0.1) is 0 Å². The van der Waals surface area contributed by atoms with Crippen molar-refractivity contribution in [2.75, 3.05) is 5.32 Å². The number of hydrogen-bond acceptors (Lipinski definition) is 2. The quantitative estimate of drug-likeness (QED) is 0.575. The molecule has 3 aromatic rings. The van der Waals surface area contributed by atoms with Crippen molar-refractivity contribution in [3.05, 3.63) is 94.0 Å². The summed E-state index contributed by atoms with van der Waals surface area (Å²) in [4.78, 5) is 0. The van der Waals surface area contributed by atoms with E-state index in [1.807, 2.05) is 36.4 Å². The van der Waals surface area contributed by atoms with Crippen molar-refractivity contribution >= 4 is 17.3 Å². The Labute approximate surface area is 154 Å². The molecule has 0 amide bonds. The van der Waals surface area contributed by atoms with Crippen molar-refractivity contribution in [3.63, 3.8) is 0 Å².